The molecule has 2 nitrogen and oxygen atoms in total. The van der Waals surface area contributed by atoms with Crippen molar-refractivity contribution in [1.82, 2.24) is 5.32 Å². The number of hydrogen-bond donors (Lipinski definition) is 3. The highest BCUT2D eigenvalue weighted by Gasteiger charge is 2.22. The fourth-order valence-electron chi connectivity index (χ4n) is 1.62. The largest absolute Gasteiger partial charge is 0.392 e. The summed E-state index contributed by atoms with van der Waals surface area (Å²) in [6.07, 6.45) is 4.28. The maximum Gasteiger partial charge on any atom is 0.0693 e. The summed E-state index contributed by atoms with van der Waals surface area (Å²) in [4.78, 5) is 0. The normalized spacial score (nSPS) is 35.2. The molecule has 0 spiro atoms. The second kappa shape index (κ2) is 4.33. The summed E-state index contributed by atoms with van der Waals surface area (Å²) in [5.41, 5.74) is 0. The van der Waals surface area contributed by atoms with E-state index in [0.717, 1.165) is 12.8 Å². The smallest absolute Gasteiger partial charge is 0.0693 e. The van der Waals surface area contributed by atoms with Gasteiger partial charge in [0.1, 0.15) is 0 Å². The lowest BCUT2D eigenvalue weighted by molar-refractivity contribution is 0.0905. The van der Waals surface area contributed by atoms with Crippen molar-refractivity contribution in [3.8, 4) is 0 Å². The summed E-state index contributed by atoms with van der Waals surface area (Å²) in [5.74, 6) is 0. The molecular formula is C8H17NOS. The van der Waals surface area contributed by atoms with E-state index < -0.39 is 0 Å². The molecule has 1 saturated carbocycles. The first-order valence-corrected chi connectivity index (χ1v) is 4.84. The SMILES string of the molecule is C[C@H](S)NC1CCCCC1O. The maximum absolute atomic E-state index is 9.52. The van der Waals surface area contributed by atoms with E-state index in [9.17, 15) is 5.11 Å². The van der Waals surface area contributed by atoms with Crippen molar-refractivity contribution in [2.75, 3.05) is 0 Å². The molecule has 3 heteroatoms. The summed E-state index contributed by atoms with van der Waals surface area (Å²) in [7, 11) is 0. The second-order valence-corrected chi connectivity index (χ2v) is 4.08. The Kier molecular flexibility index (Phi) is 3.69. The Bertz CT molecular complexity index is 119. The Balaban J connectivity index is 2.29. The van der Waals surface area contributed by atoms with Crippen LogP contribution in [0.1, 0.15) is 32.6 Å². The molecule has 0 aliphatic heterocycles. The molecule has 11 heavy (non-hydrogen) atoms. The van der Waals surface area contributed by atoms with Gasteiger partial charge in [-0.1, -0.05) is 12.8 Å². The fraction of sp³-hybridized carbons (Fsp3) is 1.00. The molecule has 1 rings (SSSR count). The Labute approximate surface area is 73.8 Å². The first-order valence-electron chi connectivity index (χ1n) is 4.32. The predicted molar refractivity (Wildman–Crippen MR) is 49.8 cm³/mol. The highest BCUT2D eigenvalue weighted by Crippen LogP contribution is 2.18. The van der Waals surface area contributed by atoms with Gasteiger partial charge in [0.25, 0.3) is 0 Å². The number of rotatable bonds is 2. The molecule has 1 aliphatic carbocycles. The predicted octanol–water partition coefficient (Wildman–Crippen LogP) is 1.16. The summed E-state index contributed by atoms with van der Waals surface area (Å²) in [6.45, 7) is 1.99. The van der Waals surface area contributed by atoms with Crippen molar-refractivity contribution >= 4 is 12.6 Å². The van der Waals surface area contributed by atoms with E-state index in [1.54, 1.807) is 0 Å². The van der Waals surface area contributed by atoms with Crippen LogP contribution >= 0.6 is 12.6 Å². The molecule has 3 atom stereocenters. The van der Waals surface area contributed by atoms with Gasteiger partial charge in [0, 0.05) is 11.4 Å². The minimum atomic E-state index is -0.154. The van der Waals surface area contributed by atoms with Gasteiger partial charge in [-0.25, -0.2) is 0 Å². The van der Waals surface area contributed by atoms with E-state index in [2.05, 4.69) is 17.9 Å². The Hall–Kier alpha value is 0.270. The second-order valence-electron chi connectivity index (χ2n) is 3.30. The number of thiol groups is 1. The number of aliphatic hydroxyl groups is 1. The van der Waals surface area contributed by atoms with Crippen molar-refractivity contribution in [1.29, 1.82) is 0 Å². The van der Waals surface area contributed by atoms with E-state index in [0.29, 0.717) is 0 Å². The Morgan fingerprint density at radius 2 is 2.09 bits per heavy atom. The van der Waals surface area contributed by atoms with Gasteiger partial charge in [0.15, 0.2) is 0 Å². The number of aliphatic hydroxyl groups excluding tert-OH is 1. The van der Waals surface area contributed by atoms with Crippen LogP contribution in [0.5, 0.6) is 0 Å². The molecule has 0 heterocycles. The molecule has 2 N–H and O–H groups in total. The molecule has 0 aromatic carbocycles. The molecule has 1 aliphatic rings. The zero-order valence-electron chi connectivity index (χ0n) is 6.95. The number of nitrogens with one attached hydrogen (secondary N) is 1. The average molecular weight is 175 g/mol. The summed E-state index contributed by atoms with van der Waals surface area (Å²) in [6, 6.07) is 0.274. The molecule has 0 aromatic rings. The number of hydrogen-bond acceptors (Lipinski definition) is 3. The average Bonchev–Trinajstić information content (AvgIpc) is 1.93. The van der Waals surface area contributed by atoms with E-state index >= 15 is 0 Å². The highest BCUT2D eigenvalue weighted by molar-refractivity contribution is 7.80. The third kappa shape index (κ3) is 3.01. The third-order valence-corrected chi connectivity index (χ3v) is 2.33. The quantitative estimate of drug-likeness (QED) is 0.434. The maximum atomic E-state index is 9.52. The van der Waals surface area contributed by atoms with Gasteiger partial charge >= 0.3 is 0 Å². The fourth-order valence-corrected chi connectivity index (χ4v) is 1.81. The minimum absolute atomic E-state index is 0.154. The van der Waals surface area contributed by atoms with Crippen LogP contribution < -0.4 is 5.32 Å². The topological polar surface area (TPSA) is 32.3 Å². The lowest BCUT2D eigenvalue weighted by Crippen LogP contribution is -2.44. The van der Waals surface area contributed by atoms with Gasteiger partial charge in [-0.15, -0.1) is 0 Å². The van der Waals surface area contributed by atoms with Crippen LogP contribution in [0.2, 0.25) is 0 Å². The molecule has 0 bridgehead atoms. The zero-order valence-corrected chi connectivity index (χ0v) is 7.85. The summed E-state index contributed by atoms with van der Waals surface area (Å²) < 4.78 is 0. The zero-order chi connectivity index (χ0) is 8.27. The van der Waals surface area contributed by atoms with E-state index in [-0.39, 0.29) is 17.5 Å². The third-order valence-electron chi connectivity index (χ3n) is 2.18. The van der Waals surface area contributed by atoms with E-state index in [1.807, 2.05) is 6.92 Å². The molecule has 0 aromatic heterocycles. The van der Waals surface area contributed by atoms with Crippen LogP contribution in [0.3, 0.4) is 0 Å². The van der Waals surface area contributed by atoms with Gasteiger partial charge in [0.05, 0.1) is 6.10 Å². The highest BCUT2D eigenvalue weighted by atomic mass is 32.1. The molecule has 66 valence electrons. The minimum Gasteiger partial charge on any atom is -0.392 e. The van der Waals surface area contributed by atoms with Gasteiger partial charge < -0.3 is 10.4 Å². The van der Waals surface area contributed by atoms with Gasteiger partial charge in [-0.05, 0) is 19.8 Å². The molecule has 2 unspecified atom stereocenters. The molecular weight excluding hydrogens is 158 g/mol. The van der Waals surface area contributed by atoms with Crippen molar-refractivity contribution in [2.45, 2.75) is 50.1 Å². The van der Waals surface area contributed by atoms with Gasteiger partial charge in [-0.3, -0.25) is 0 Å². The van der Waals surface area contributed by atoms with Crippen molar-refractivity contribution < 1.29 is 5.11 Å². The molecule has 0 amide bonds. The lowest BCUT2D eigenvalue weighted by atomic mass is 9.93. The summed E-state index contributed by atoms with van der Waals surface area (Å²) >= 11 is 4.23. The Morgan fingerprint density at radius 3 is 2.64 bits per heavy atom. The molecule has 1 fully saturated rings. The van der Waals surface area contributed by atoms with Crippen LogP contribution in [0.4, 0.5) is 0 Å². The summed E-state index contributed by atoms with van der Waals surface area (Å²) in [5, 5.41) is 13.0. The first kappa shape index (κ1) is 9.36. The lowest BCUT2D eigenvalue weighted by Gasteiger charge is -2.29. The van der Waals surface area contributed by atoms with Crippen molar-refractivity contribution in [2.24, 2.45) is 0 Å². The van der Waals surface area contributed by atoms with Crippen LogP contribution in [-0.4, -0.2) is 22.6 Å². The van der Waals surface area contributed by atoms with E-state index in [1.165, 1.54) is 12.8 Å². The van der Waals surface area contributed by atoms with Crippen LogP contribution in [-0.2, 0) is 0 Å². The molecule has 0 radical (unpaired) electrons. The van der Waals surface area contributed by atoms with Gasteiger partial charge in [0.2, 0.25) is 0 Å². The van der Waals surface area contributed by atoms with Gasteiger partial charge in [-0.2, -0.15) is 12.6 Å². The Morgan fingerprint density at radius 1 is 1.45 bits per heavy atom. The first-order chi connectivity index (χ1) is 5.20. The van der Waals surface area contributed by atoms with E-state index in [4.69, 9.17) is 0 Å². The van der Waals surface area contributed by atoms with Crippen LogP contribution in [0.25, 0.3) is 0 Å². The van der Waals surface area contributed by atoms with Crippen molar-refractivity contribution in [3.63, 3.8) is 0 Å². The van der Waals surface area contributed by atoms with Crippen LogP contribution in [0, 0.1) is 0 Å². The molecule has 0 saturated heterocycles. The standard InChI is InChI=1S/C8H17NOS/c1-6(11)9-7-4-2-3-5-8(7)10/h6-11H,2-5H2,1H3/t6-,7?,8?/m0/s1. The monoisotopic (exact) mass is 175 g/mol. The van der Waals surface area contributed by atoms with Crippen LogP contribution in [0.15, 0.2) is 0 Å². The van der Waals surface area contributed by atoms with Crippen molar-refractivity contribution in [3.05, 3.63) is 0 Å².